The maximum Gasteiger partial charge on any atom is 0.231 e. The largest absolute Gasteiger partial charge is 0.454 e. The molecule has 0 fully saturated rings. The molecule has 2 rings (SSSR count). The van der Waals surface area contributed by atoms with Gasteiger partial charge in [-0.25, -0.2) is 0 Å². The lowest BCUT2D eigenvalue weighted by molar-refractivity contribution is 0.0988. The first kappa shape index (κ1) is 11.5. The molecular formula is C12H13BrO3. The summed E-state index contributed by atoms with van der Waals surface area (Å²) >= 11 is 3.40. The van der Waals surface area contributed by atoms with Crippen LogP contribution in [-0.2, 0) is 0 Å². The van der Waals surface area contributed by atoms with Gasteiger partial charge in [-0.3, -0.25) is 4.79 Å². The number of rotatable bonds is 4. The molecule has 0 aliphatic carbocycles. The van der Waals surface area contributed by atoms with Crippen LogP contribution in [0.4, 0.5) is 0 Å². The van der Waals surface area contributed by atoms with E-state index in [0.29, 0.717) is 17.1 Å². The maximum atomic E-state index is 12.0. The number of benzene rings is 1. The third-order valence-corrected chi connectivity index (χ3v) is 3.36. The number of carbonyl (C=O) groups excluding carboxylic acids is 1. The fourth-order valence-electron chi connectivity index (χ4n) is 1.62. The lowest BCUT2D eigenvalue weighted by Gasteiger charge is -2.07. The number of ketones is 1. The van der Waals surface area contributed by atoms with E-state index in [0.717, 1.165) is 12.8 Å². The van der Waals surface area contributed by atoms with Gasteiger partial charge in [0.1, 0.15) is 0 Å². The van der Waals surface area contributed by atoms with Crippen LogP contribution in [0.5, 0.6) is 11.5 Å². The third kappa shape index (κ3) is 2.21. The molecule has 0 bridgehead atoms. The van der Waals surface area contributed by atoms with E-state index in [1.54, 1.807) is 18.2 Å². The van der Waals surface area contributed by atoms with E-state index in [-0.39, 0.29) is 17.4 Å². The van der Waals surface area contributed by atoms with Crippen LogP contribution in [0.1, 0.15) is 30.1 Å². The molecule has 0 spiro atoms. The fraction of sp³-hybridized carbons (Fsp3) is 0.417. The molecule has 1 aromatic rings. The van der Waals surface area contributed by atoms with Crippen molar-refractivity contribution in [3.05, 3.63) is 23.8 Å². The molecule has 0 radical (unpaired) electrons. The Bertz CT molecular complexity index is 403. The molecule has 1 aliphatic heterocycles. The van der Waals surface area contributed by atoms with Crippen molar-refractivity contribution in [1.29, 1.82) is 0 Å². The van der Waals surface area contributed by atoms with E-state index < -0.39 is 0 Å². The predicted octanol–water partition coefficient (Wildman–Crippen LogP) is 3.16. The minimum atomic E-state index is -0.113. The van der Waals surface area contributed by atoms with Crippen LogP contribution in [-0.4, -0.2) is 17.4 Å². The molecule has 1 atom stereocenters. The Balaban J connectivity index is 2.18. The second-order valence-electron chi connectivity index (χ2n) is 3.69. The summed E-state index contributed by atoms with van der Waals surface area (Å²) in [6.07, 6.45) is 1.82. The summed E-state index contributed by atoms with van der Waals surface area (Å²) in [7, 11) is 0. The fourth-order valence-corrected chi connectivity index (χ4v) is 2.34. The molecule has 1 heterocycles. The van der Waals surface area contributed by atoms with Gasteiger partial charge in [0.2, 0.25) is 6.79 Å². The van der Waals surface area contributed by atoms with Crippen LogP contribution < -0.4 is 9.47 Å². The Labute approximate surface area is 103 Å². The normalized spacial score (nSPS) is 14.9. The van der Waals surface area contributed by atoms with Crippen molar-refractivity contribution in [2.45, 2.75) is 24.6 Å². The van der Waals surface area contributed by atoms with Gasteiger partial charge in [0.05, 0.1) is 4.83 Å². The molecule has 0 aromatic heterocycles. The summed E-state index contributed by atoms with van der Waals surface area (Å²) in [6.45, 7) is 2.29. The van der Waals surface area contributed by atoms with E-state index in [2.05, 4.69) is 22.9 Å². The number of hydrogen-bond acceptors (Lipinski definition) is 3. The van der Waals surface area contributed by atoms with Crippen molar-refractivity contribution in [2.75, 3.05) is 6.79 Å². The smallest absolute Gasteiger partial charge is 0.231 e. The number of alkyl halides is 1. The van der Waals surface area contributed by atoms with Crippen molar-refractivity contribution in [3.8, 4) is 11.5 Å². The van der Waals surface area contributed by atoms with Gasteiger partial charge in [0, 0.05) is 5.56 Å². The summed E-state index contributed by atoms with van der Waals surface area (Å²) in [5.74, 6) is 1.46. The Morgan fingerprint density at radius 3 is 2.94 bits per heavy atom. The number of halogens is 1. The van der Waals surface area contributed by atoms with E-state index >= 15 is 0 Å². The highest BCUT2D eigenvalue weighted by Crippen LogP contribution is 2.33. The van der Waals surface area contributed by atoms with Crippen molar-refractivity contribution in [1.82, 2.24) is 0 Å². The predicted molar refractivity (Wildman–Crippen MR) is 64.5 cm³/mol. The molecule has 86 valence electrons. The standard InChI is InChI=1S/C12H13BrO3/c1-2-3-9(13)12(14)8-4-5-10-11(6-8)16-7-15-10/h4-6,9H,2-3,7H2,1H3/t9-/m1/s1. The quantitative estimate of drug-likeness (QED) is 0.629. The van der Waals surface area contributed by atoms with Gasteiger partial charge in [0.15, 0.2) is 17.3 Å². The molecule has 1 aliphatic rings. The van der Waals surface area contributed by atoms with E-state index in [4.69, 9.17) is 9.47 Å². The zero-order chi connectivity index (χ0) is 11.5. The lowest BCUT2D eigenvalue weighted by Crippen LogP contribution is -2.13. The number of Topliss-reactive ketones (excluding diaryl/α,β-unsaturated/α-hetero) is 1. The molecule has 16 heavy (non-hydrogen) atoms. The highest BCUT2D eigenvalue weighted by atomic mass is 79.9. The van der Waals surface area contributed by atoms with Crippen LogP contribution >= 0.6 is 15.9 Å². The third-order valence-electron chi connectivity index (χ3n) is 2.48. The van der Waals surface area contributed by atoms with Crippen LogP contribution in [0.25, 0.3) is 0 Å². The average Bonchev–Trinajstić information content (AvgIpc) is 2.75. The highest BCUT2D eigenvalue weighted by Gasteiger charge is 2.20. The van der Waals surface area contributed by atoms with Gasteiger partial charge in [-0.05, 0) is 24.6 Å². The van der Waals surface area contributed by atoms with Gasteiger partial charge in [-0.15, -0.1) is 0 Å². The van der Waals surface area contributed by atoms with E-state index in [1.165, 1.54) is 0 Å². The topological polar surface area (TPSA) is 35.5 Å². The molecule has 0 saturated heterocycles. The van der Waals surface area contributed by atoms with E-state index in [9.17, 15) is 4.79 Å². The van der Waals surface area contributed by atoms with Crippen LogP contribution in [0.15, 0.2) is 18.2 Å². The van der Waals surface area contributed by atoms with Crippen molar-refractivity contribution in [3.63, 3.8) is 0 Å². The monoisotopic (exact) mass is 284 g/mol. The highest BCUT2D eigenvalue weighted by molar-refractivity contribution is 9.10. The SMILES string of the molecule is CCC[C@@H](Br)C(=O)c1ccc2c(c1)OCO2. The number of hydrogen-bond donors (Lipinski definition) is 0. The van der Waals surface area contributed by atoms with Gasteiger partial charge in [0.25, 0.3) is 0 Å². The zero-order valence-electron chi connectivity index (χ0n) is 9.03. The summed E-state index contributed by atoms with van der Waals surface area (Å²) in [5, 5.41) is 0. The minimum Gasteiger partial charge on any atom is -0.454 e. The summed E-state index contributed by atoms with van der Waals surface area (Å²) in [5.41, 5.74) is 0.666. The molecular weight excluding hydrogens is 272 g/mol. The van der Waals surface area contributed by atoms with Crippen molar-refractivity contribution >= 4 is 21.7 Å². The van der Waals surface area contributed by atoms with Gasteiger partial charge in [-0.2, -0.15) is 0 Å². The Morgan fingerprint density at radius 2 is 2.19 bits per heavy atom. The first-order valence-electron chi connectivity index (χ1n) is 5.30. The van der Waals surface area contributed by atoms with Crippen LogP contribution in [0.3, 0.4) is 0 Å². The summed E-state index contributed by atoms with van der Waals surface area (Å²) in [4.78, 5) is 11.9. The second kappa shape index (κ2) is 4.87. The maximum absolute atomic E-state index is 12.0. The Morgan fingerprint density at radius 1 is 1.44 bits per heavy atom. The molecule has 4 heteroatoms. The van der Waals surface area contributed by atoms with E-state index in [1.807, 2.05) is 0 Å². The average molecular weight is 285 g/mol. The molecule has 1 aromatic carbocycles. The van der Waals surface area contributed by atoms with Crippen LogP contribution in [0, 0.1) is 0 Å². The first-order valence-corrected chi connectivity index (χ1v) is 6.22. The van der Waals surface area contributed by atoms with Gasteiger partial charge in [-0.1, -0.05) is 29.3 Å². The van der Waals surface area contributed by atoms with Gasteiger partial charge < -0.3 is 9.47 Å². The molecule has 0 N–H and O–H groups in total. The van der Waals surface area contributed by atoms with Crippen molar-refractivity contribution in [2.24, 2.45) is 0 Å². The Kier molecular flexibility index (Phi) is 3.49. The van der Waals surface area contributed by atoms with Crippen molar-refractivity contribution < 1.29 is 14.3 Å². The summed E-state index contributed by atoms with van der Waals surface area (Å²) < 4.78 is 10.4. The lowest BCUT2D eigenvalue weighted by atomic mass is 10.1. The number of fused-ring (bicyclic) bond motifs is 1. The first-order chi connectivity index (χ1) is 7.72. The molecule has 0 unspecified atom stereocenters. The zero-order valence-corrected chi connectivity index (χ0v) is 10.6. The second-order valence-corrected chi connectivity index (χ2v) is 4.79. The Hall–Kier alpha value is -1.03. The van der Waals surface area contributed by atoms with Gasteiger partial charge >= 0.3 is 0 Å². The molecule has 0 saturated carbocycles. The summed E-state index contributed by atoms with van der Waals surface area (Å²) in [6, 6.07) is 5.30. The number of ether oxygens (including phenoxy) is 2. The minimum absolute atomic E-state index is 0.0974. The number of carbonyl (C=O) groups is 1. The van der Waals surface area contributed by atoms with Crippen LogP contribution in [0.2, 0.25) is 0 Å². The molecule has 0 amide bonds. The molecule has 3 nitrogen and oxygen atoms in total.